The van der Waals surface area contributed by atoms with Crippen molar-refractivity contribution < 1.29 is 4.79 Å². The van der Waals surface area contributed by atoms with Gasteiger partial charge in [0.1, 0.15) is 0 Å². The summed E-state index contributed by atoms with van der Waals surface area (Å²) in [5, 5.41) is 5.65. The molecule has 120 valence electrons. The number of fused-ring (bicyclic) bond motifs is 2. The Kier molecular flexibility index (Phi) is 3.69. The largest absolute Gasteiger partial charge is 0.376 e. The molecule has 3 aromatic rings. The standard InChI is InChI=1S/C21H20N2O/c1-15-12-18-8-4-5-9-20(18)23(15)21(24)14-22-19-11-10-16-6-2-3-7-17(16)13-19/h2-11,13,15,22H,12,14H2,1H3/t15-/m1/s1. The molecule has 1 aliphatic heterocycles. The third kappa shape index (κ3) is 2.62. The number of amides is 1. The summed E-state index contributed by atoms with van der Waals surface area (Å²) in [6, 6.07) is 22.8. The number of carbonyl (C=O) groups excluding carboxylic acids is 1. The quantitative estimate of drug-likeness (QED) is 0.784. The molecule has 3 aromatic carbocycles. The maximum atomic E-state index is 12.7. The third-order valence-electron chi connectivity index (χ3n) is 4.67. The lowest BCUT2D eigenvalue weighted by Crippen LogP contribution is -2.39. The molecule has 1 heterocycles. The number of rotatable bonds is 3. The summed E-state index contributed by atoms with van der Waals surface area (Å²) in [6.07, 6.45) is 0.928. The normalized spacial score (nSPS) is 16.2. The molecular weight excluding hydrogens is 296 g/mol. The first-order chi connectivity index (χ1) is 11.7. The van der Waals surface area contributed by atoms with E-state index in [1.54, 1.807) is 0 Å². The molecule has 4 rings (SSSR count). The maximum Gasteiger partial charge on any atom is 0.246 e. The summed E-state index contributed by atoms with van der Waals surface area (Å²) < 4.78 is 0. The van der Waals surface area contributed by atoms with Crippen LogP contribution in [0.3, 0.4) is 0 Å². The van der Waals surface area contributed by atoms with Crippen LogP contribution in [0, 0.1) is 0 Å². The van der Waals surface area contributed by atoms with E-state index in [-0.39, 0.29) is 11.9 Å². The topological polar surface area (TPSA) is 32.3 Å². The lowest BCUT2D eigenvalue weighted by Gasteiger charge is -2.23. The molecule has 0 spiro atoms. The first-order valence-electron chi connectivity index (χ1n) is 8.35. The van der Waals surface area contributed by atoms with Gasteiger partial charge in [0.2, 0.25) is 5.91 Å². The van der Waals surface area contributed by atoms with Crippen molar-refractivity contribution in [2.24, 2.45) is 0 Å². The second-order valence-electron chi connectivity index (χ2n) is 6.36. The van der Waals surface area contributed by atoms with Crippen molar-refractivity contribution in [2.75, 3.05) is 16.8 Å². The van der Waals surface area contributed by atoms with E-state index in [4.69, 9.17) is 0 Å². The first-order valence-corrected chi connectivity index (χ1v) is 8.35. The minimum atomic E-state index is 0.112. The zero-order valence-electron chi connectivity index (χ0n) is 13.7. The minimum absolute atomic E-state index is 0.112. The number of para-hydroxylation sites is 1. The Balaban J connectivity index is 1.50. The van der Waals surface area contributed by atoms with E-state index in [9.17, 15) is 4.79 Å². The second-order valence-corrected chi connectivity index (χ2v) is 6.36. The van der Waals surface area contributed by atoms with Crippen molar-refractivity contribution in [3.8, 4) is 0 Å². The van der Waals surface area contributed by atoms with Crippen LogP contribution in [0.15, 0.2) is 66.7 Å². The fourth-order valence-electron chi connectivity index (χ4n) is 3.51. The van der Waals surface area contributed by atoms with Crippen LogP contribution in [0.2, 0.25) is 0 Å². The molecule has 0 saturated carbocycles. The molecule has 0 saturated heterocycles. The van der Waals surface area contributed by atoms with Crippen LogP contribution in [0.25, 0.3) is 10.8 Å². The van der Waals surface area contributed by atoms with E-state index >= 15 is 0 Å². The smallest absolute Gasteiger partial charge is 0.246 e. The Morgan fingerprint density at radius 2 is 1.79 bits per heavy atom. The van der Waals surface area contributed by atoms with Crippen molar-refractivity contribution in [1.82, 2.24) is 0 Å². The molecule has 1 amide bonds. The van der Waals surface area contributed by atoms with Gasteiger partial charge in [-0.05, 0) is 47.9 Å². The molecule has 3 nitrogen and oxygen atoms in total. The number of carbonyl (C=O) groups is 1. The number of anilines is 2. The molecule has 0 radical (unpaired) electrons. The summed E-state index contributed by atoms with van der Waals surface area (Å²) >= 11 is 0. The number of nitrogens with one attached hydrogen (secondary N) is 1. The Labute approximate surface area is 141 Å². The second kappa shape index (κ2) is 6.00. The number of benzene rings is 3. The molecular formula is C21H20N2O. The molecule has 0 bridgehead atoms. The highest BCUT2D eigenvalue weighted by atomic mass is 16.2. The molecule has 1 aliphatic rings. The Hall–Kier alpha value is -2.81. The molecule has 0 aromatic heterocycles. The van der Waals surface area contributed by atoms with E-state index in [0.29, 0.717) is 6.54 Å². The van der Waals surface area contributed by atoms with Crippen LogP contribution in [-0.4, -0.2) is 18.5 Å². The number of hydrogen-bond donors (Lipinski definition) is 1. The van der Waals surface area contributed by atoms with Gasteiger partial charge in [-0.1, -0.05) is 48.5 Å². The van der Waals surface area contributed by atoms with E-state index in [0.717, 1.165) is 17.8 Å². The zero-order chi connectivity index (χ0) is 16.5. The lowest BCUT2D eigenvalue weighted by molar-refractivity contribution is -0.117. The van der Waals surface area contributed by atoms with Gasteiger partial charge in [0.15, 0.2) is 0 Å². The lowest BCUT2D eigenvalue weighted by atomic mass is 10.1. The zero-order valence-corrected chi connectivity index (χ0v) is 13.7. The van der Waals surface area contributed by atoms with Gasteiger partial charge < -0.3 is 10.2 Å². The maximum absolute atomic E-state index is 12.7. The predicted molar refractivity (Wildman–Crippen MR) is 99.5 cm³/mol. The van der Waals surface area contributed by atoms with E-state index < -0.39 is 0 Å². The van der Waals surface area contributed by atoms with Crippen LogP contribution >= 0.6 is 0 Å². The van der Waals surface area contributed by atoms with E-state index in [2.05, 4.69) is 42.6 Å². The minimum Gasteiger partial charge on any atom is -0.376 e. The van der Waals surface area contributed by atoms with Crippen LogP contribution in [0.1, 0.15) is 12.5 Å². The van der Waals surface area contributed by atoms with Crippen molar-refractivity contribution in [2.45, 2.75) is 19.4 Å². The van der Waals surface area contributed by atoms with Gasteiger partial charge in [0.25, 0.3) is 0 Å². The summed E-state index contributed by atoms with van der Waals surface area (Å²) in [4.78, 5) is 14.6. The van der Waals surface area contributed by atoms with Crippen molar-refractivity contribution >= 4 is 28.1 Å². The summed E-state index contributed by atoms with van der Waals surface area (Å²) in [7, 11) is 0. The summed E-state index contributed by atoms with van der Waals surface area (Å²) in [5.41, 5.74) is 3.28. The molecule has 3 heteroatoms. The van der Waals surface area contributed by atoms with Gasteiger partial charge in [0.05, 0.1) is 6.54 Å². The molecule has 1 N–H and O–H groups in total. The Morgan fingerprint density at radius 1 is 1.04 bits per heavy atom. The number of hydrogen-bond acceptors (Lipinski definition) is 2. The molecule has 24 heavy (non-hydrogen) atoms. The van der Waals surface area contributed by atoms with Crippen molar-refractivity contribution in [3.05, 3.63) is 72.3 Å². The SMILES string of the molecule is C[C@@H]1Cc2ccccc2N1C(=O)CNc1ccc2ccccc2c1. The highest BCUT2D eigenvalue weighted by molar-refractivity contribution is 5.99. The van der Waals surface area contributed by atoms with Gasteiger partial charge in [0, 0.05) is 17.4 Å². The molecule has 0 aliphatic carbocycles. The Morgan fingerprint density at radius 3 is 2.67 bits per heavy atom. The average Bonchev–Trinajstić information content (AvgIpc) is 2.95. The van der Waals surface area contributed by atoms with Crippen LogP contribution < -0.4 is 10.2 Å². The van der Waals surface area contributed by atoms with Gasteiger partial charge >= 0.3 is 0 Å². The molecule has 1 atom stereocenters. The van der Waals surface area contributed by atoms with Crippen molar-refractivity contribution in [1.29, 1.82) is 0 Å². The fourth-order valence-corrected chi connectivity index (χ4v) is 3.51. The fraction of sp³-hybridized carbons (Fsp3) is 0.190. The number of nitrogens with zero attached hydrogens (tertiary/aromatic N) is 1. The highest BCUT2D eigenvalue weighted by Crippen LogP contribution is 2.31. The van der Waals surface area contributed by atoms with E-state index in [1.165, 1.54) is 16.3 Å². The summed E-state index contributed by atoms with van der Waals surface area (Å²) in [5.74, 6) is 0.112. The highest BCUT2D eigenvalue weighted by Gasteiger charge is 2.30. The third-order valence-corrected chi connectivity index (χ3v) is 4.67. The van der Waals surface area contributed by atoms with Crippen molar-refractivity contribution in [3.63, 3.8) is 0 Å². The Bertz CT molecular complexity index is 903. The van der Waals surface area contributed by atoms with Gasteiger partial charge in [-0.25, -0.2) is 0 Å². The van der Waals surface area contributed by atoms with Crippen LogP contribution in [0.5, 0.6) is 0 Å². The van der Waals surface area contributed by atoms with Gasteiger partial charge in [-0.15, -0.1) is 0 Å². The summed E-state index contributed by atoms with van der Waals surface area (Å²) in [6.45, 7) is 2.41. The van der Waals surface area contributed by atoms with Crippen LogP contribution in [-0.2, 0) is 11.2 Å². The average molecular weight is 316 g/mol. The molecule has 0 unspecified atom stereocenters. The van der Waals surface area contributed by atoms with Crippen LogP contribution in [0.4, 0.5) is 11.4 Å². The predicted octanol–water partition coefficient (Wildman–Crippen LogP) is 4.23. The first kappa shape index (κ1) is 14.8. The molecule has 0 fully saturated rings. The van der Waals surface area contributed by atoms with Gasteiger partial charge in [-0.2, -0.15) is 0 Å². The van der Waals surface area contributed by atoms with E-state index in [1.807, 2.05) is 41.3 Å². The monoisotopic (exact) mass is 316 g/mol. The van der Waals surface area contributed by atoms with Gasteiger partial charge in [-0.3, -0.25) is 4.79 Å².